The second kappa shape index (κ2) is 8.59. The number of carbonyl (C=O) groups is 1. The van der Waals surface area contributed by atoms with Gasteiger partial charge in [0.2, 0.25) is 10.0 Å². The molecule has 1 N–H and O–H groups in total. The van der Waals surface area contributed by atoms with Crippen molar-refractivity contribution in [3.63, 3.8) is 0 Å². The summed E-state index contributed by atoms with van der Waals surface area (Å²) < 4.78 is 32.6. The van der Waals surface area contributed by atoms with Crippen LogP contribution in [0.25, 0.3) is 0 Å². The van der Waals surface area contributed by atoms with Gasteiger partial charge in [-0.3, -0.25) is 0 Å². The highest BCUT2D eigenvalue weighted by Gasteiger charge is 2.28. The highest BCUT2D eigenvalue weighted by molar-refractivity contribution is 7.88. The minimum Gasteiger partial charge on any atom is -0.444 e. The Labute approximate surface area is 160 Å². The second-order valence-corrected chi connectivity index (χ2v) is 9.91. The monoisotopic (exact) mass is 402 g/mol. The maximum Gasteiger partial charge on any atom is 0.410 e. The van der Waals surface area contributed by atoms with Crippen molar-refractivity contribution in [1.29, 1.82) is 0 Å². The highest BCUT2D eigenvalue weighted by atomic mass is 35.5. The van der Waals surface area contributed by atoms with Crippen LogP contribution < -0.4 is 4.72 Å². The van der Waals surface area contributed by atoms with Crippen LogP contribution in [-0.2, 0) is 20.5 Å². The predicted molar refractivity (Wildman–Crippen MR) is 103 cm³/mol. The van der Waals surface area contributed by atoms with E-state index in [0.717, 1.165) is 12.8 Å². The van der Waals surface area contributed by atoms with E-state index in [1.165, 1.54) is 0 Å². The lowest BCUT2D eigenvalue weighted by Crippen LogP contribution is -2.45. The summed E-state index contributed by atoms with van der Waals surface area (Å²) in [5.41, 5.74) is 0.144. The maximum atomic E-state index is 12.3. The Morgan fingerprint density at radius 3 is 2.58 bits per heavy atom. The van der Waals surface area contributed by atoms with Crippen molar-refractivity contribution in [3.8, 4) is 0 Å². The Balaban J connectivity index is 1.86. The molecule has 0 unspecified atom stereocenters. The highest BCUT2D eigenvalue weighted by Crippen LogP contribution is 2.19. The number of sulfonamides is 1. The number of ether oxygens (including phenoxy) is 1. The number of piperidine rings is 1. The molecule has 1 saturated heterocycles. The van der Waals surface area contributed by atoms with Crippen molar-refractivity contribution in [2.45, 2.75) is 45.0 Å². The molecule has 1 aliphatic heterocycles. The summed E-state index contributed by atoms with van der Waals surface area (Å²) >= 11 is 5.82. The van der Waals surface area contributed by atoms with E-state index in [-0.39, 0.29) is 17.8 Å². The number of nitrogens with zero attached hydrogens (tertiary/aromatic N) is 1. The molecule has 1 fully saturated rings. The molecule has 1 amide bonds. The van der Waals surface area contributed by atoms with Crippen LogP contribution in [0.4, 0.5) is 4.79 Å². The molecule has 0 aliphatic carbocycles. The zero-order chi connectivity index (χ0) is 19.4. The van der Waals surface area contributed by atoms with Gasteiger partial charge in [-0.1, -0.05) is 23.7 Å². The van der Waals surface area contributed by atoms with Gasteiger partial charge in [-0.25, -0.2) is 17.9 Å². The van der Waals surface area contributed by atoms with E-state index in [2.05, 4.69) is 4.72 Å². The average Bonchev–Trinajstić information content (AvgIpc) is 2.54. The van der Waals surface area contributed by atoms with Crippen molar-refractivity contribution < 1.29 is 17.9 Å². The summed E-state index contributed by atoms with van der Waals surface area (Å²) in [4.78, 5) is 13.8. The van der Waals surface area contributed by atoms with E-state index < -0.39 is 15.6 Å². The minimum atomic E-state index is -3.44. The van der Waals surface area contributed by atoms with Gasteiger partial charge in [-0.05, 0) is 57.2 Å². The fourth-order valence-corrected chi connectivity index (χ4v) is 4.17. The standard InChI is InChI=1S/C18H27ClN2O4S/c1-18(2,3)25-17(22)21-10-4-5-15(12-21)11-20-26(23,24)13-14-6-8-16(19)9-7-14/h6-9,15,20H,4-5,10-13H2,1-3H3/t15-/m0/s1. The SMILES string of the molecule is CC(C)(C)OC(=O)N1CCC[C@@H](CNS(=O)(=O)Cc2ccc(Cl)cc2)C1. The average molecular weight is 403 g/mol. The van der Waals surface area contributed by atoms with Gasteiger partial charge in [0.05, 0.1) is 5.75 Å². The van der Waals surface area contributed by atoms with Gasteiger partial charge >= 0.3 is 6.09 Å². The van der Waals surface area contributed by atoms with E-state index in [0.29, 0.717) is 30.2 Å². The molecule has 1 aromatic rings. The van der Waals surface area contributed by atoms with Crippen LogP contribution in [0.3, 0.4) is 0 Å². The first kappa shape index (κ1) is 21.0. The van der Waals surface area contributed by atoms with Crippen molar-refractivity contribution in [2.24, 2.45) is 5.92 Å². The molecule has 1 heterocycles. The van der Waals surface area contributed by atoms with Crippen LogP contribution in [0, 0.1) is 5.92 Å². The number of hydrogen-bond donors (Lipinski definition) is 1. The Kier molecular flexibility index (Phi) is 6.93. The normalized spacial score (nSPS) is 18.6. The molecule has 1 aromatic carbocycles. The lowest BCUT2D eigenvalue weighted by Gasteiger charge is -2.34. The van der Waals surface area contributed by atoms with Gasteiger partial charge in [-0.2, -0.15) is 0 Å². The first-order valence-electron chi connectivity index (χ1n) is 8.74. The van der Waals surface area contributed by atoms with E-state index in [4.69, 9.17) is 16.3 Å². The van der Waals surface area contributed by atoms with E-state index >= 15 is 0 Å². The zero-order valence-corrected chi connectivity index (χ0v) is 17.1. The van der Waals surface area contributed by atoms with Crippen LogP contribution in [0.15, 0.2) is 24.3 Å². The number of halogens is 1. The molecule has 1 aliphatic rings. The Morgan fingerprint density at radius 1 is 1.31 bits per heavy atom. The van der Waals surface area contributed by atoms with Gasteiger partial charge in [0, 0.05) is 24.7 Å². The van der Waals surface area contributed by atoms with Crippen molar-refractivity contribution >= 4 is 27.7 Å². The molecule has 6 nitrogen and oxygen atoms in total. The molecular formula is C18H27ClN2O4S. The second-order valence-electron chi connectivity index (χ2n) is 7.67. The third kappa shape index (κ3) is 7.13. The summed E-state index contributed by atoms with van der Waals surface area (Å²) in [5, 5.41) is 0.573. The summed E-state index contributed by atoms with van der Waals surface area (Å²) in [6.45, 7) is 6.95. The van der Waals surface area contributed by atoms with Crippen LogP contribution in [0.2, 0.25) is 5.02 Å². The van der Waals surface area contributed by atoms with E-state index in [9.17, 15) is 13.2 Å². The fraction of sp³-hybridized carbons (Fsp3) is 0.611. The summed E-state index contributed by atoms with van der Waals surface area (Å²) in [7, 11) is -3.44. The van der Waals surface area contributed by atoms with Crippen LogP contribution in [0.1, 0.15) is 39.2 Å². The smallest absolute Gasteiger partial charge is 0.410 e. The lowest BCUT2D eigenvalue weighted by molar-refractivity contribution is 0.0169. The summed E-state index contributed by atoms with van der Waals surface area (Å²) in [5.74, 6) is -0.0107. The minimum absolute atomic E-state index is 0.0799. The van der Waals surface area contributed by atoms with Gasteiger partial charge in [-0.15, -0.1) is 0 Å². The summed E-state index contributed by atoms with van der Waals surface area (Å²) in [6.07, 6.45) is 1.37. The van der Waals surface area contributed by atoms with Crippen molar-refractivity contribution in [2.75, 3.05) is 19.6 Å². The van der Waals surface area contributed by atoms with E-state index in [1.54, 1.807) is 29.2 Å². The van der Waals surface area contributed by atoms with Gasteiger partial charge in [0.15, 0.2) is 0 Å². The number of hydrogen-bond acceptors (Lipinski definition) is 4. The lowest BCUT2D eigenvalue weighted by atomic mass is 9.99. The quantitative estimate of drug-likeness (QED) is 0.818. The first-order valence-corrected chi connectivity index (χ1v) is 10.8. The molecule has 0 saturated carbocycles. The van der Waals surface area contributed by atoms with Gasteiger partial charge < -0.3 is 9.64 Å². The van der Waals surface area contributed by atoms with Crippen LogP contribution in [0.5, 0.6) is 0 Å². The third-order valence-electron chi connectivity index (χ3n) is 4.03. The number of rotatable bonds is 5. The van der Waals surface area contributed by atoms with Crippen LogP contribution >= 0.6 is 11.6 Å². The number of likely N-dealkylation sites (tertiary alicyclic amines) is 1. The van der Waals surface area contributed by atoms with Crippen molar-refractivity contribution in [3.05, 3.63) is 34.9 Å². The Hall–Kier alpha value is -1.31. The molecule has 0 aromatic heterocycles. The Morgan fingerprint density at radius 2 is 1.96 bits per heavy atom. The predicted octanol–water partition coefficient (Wildman–Crippen LogP) is 3.41. The van der Waals surface area contributed by atoms with E-state index in [1.807, 2.05) is 20.8 Å². The number of carbonyl (C=O) groups excluding carboxylic acids is 1. The maximum absolute atomic E-state index is 12.3. The number of benzene rings is 1. The molecule has 26 heavy (non-hydrogen) atoms. The molecule has 0 spiro atoms. The number of amides is 1. The van der Waals surface area contributed by atoms with Crippen LogP contribution in [-0.4, -0.2) is 44.6 Å². The van der Waals surface area contributed by atoms with Gasteiger partial charge in [0.25, 0.3) is 0 Å². The fourth-order valence-electron chi connectivity index (χ4n) is 2.82. The third-order valence-corrected chi connectivity index (χ3v) is 5.60. The molecule has 146 valence electrons. The van der Waals surface area contributed by atoms with Crippen molar-refractivity contribution in [1.82, 2.24) is 9.62 Å². The summed E-state index contributed by atoms with van der Waals surface area (Å²) in [6, 6.07) is 6.75. The molecule has 2 rings (SSSR count). The topological polar surface area (TPSA) is 75.7 Å². The number of nitrogens with one attached hydrogen (secondary N) is 1. The largest absolute Gasteiger partial charge is 0.444 e. The molecule has 0 radical (unpaired) electrons. The first-order chi connectivity index (χ1) is 12.0. The van der Waals surface area contributed by atoms with Gasteiger partial charge in [0.1, 0.15) is 5.60 Å². The molecule has 8 heteroatoms. The Bertz CT molecular complexity index is 714. The molecule has 1 atom stereocenters. The molecular weight excluding hydrogens is 376 g/mol. The molecule has 0 bridgehead atoms. The zero-order valence-electron chi connectivity index (χ0n) is 15.5.